The average molecular weight is 170 g/mol. The van der Waals surface area contributed by atoms with Gasteiger partial charge in [0.15, 0.2) is 0 Å². The van der Waals surface area contributed by atoms with Gasteiger partial charge in [-0.05, 0) is 6.92 Å². The van der Waals surface area contributed by atoms with E-state index in [-0.39, 0.29) is 23.7 Å². The molecule has 1 heterocycles. The molecule has 68 valence electrons. The lowest BCUT2D eigenvalue weighted by Gasteiger charge is -2.11. The minimum atomic E-state index is -0.369. The summed E-state index contributed by atoms with van der Waals surface area (Å²) in [5.74, 6) is -0.854. The van der Waals surface area contributed by atoms with Gasteiger partial charge < -0.3 is 10.6 Å². The molecule has 1 fully saturated rings. The molecule has 2 N–H and O–H groups in total. The van der Waals surface area contributed by atoms with Crippen LogP contribution in [0.25, 0.3) is 0 Å². The van der Waals surface area contributed by atoms with Gasteiger partial charge in [-0.15, -0.1) is 0 Å². The van der Waals surface area contributed by atoms with E-state index in [1.807, 2.05) is 6.92 Å². The van der Waals surface area contributed by atoms with E-state index in [1.54, 1.807) is 11.8 Å². The maximum atomic E-state index is 11.4. The molecule has 4 heteroatoms. The van der Waals surface area contributed by atoms with E-state index in [2.05, 4.69) is 0 Å². The Bertz CT molecular complexity index is 215. The molecule has 2 atom stereocenters. The SMILES string of the molecule is CCN1CC(C(N)=O)C(C)C1=O. The Morgan fingerprint density at radius 2 is 2.33 bits per heavy atom. The van der Waals surface area contributed by atoms with Crippen molar-refractivity contribution in [3.63, 3.8) is 0 Å². The predicted molar refractivity (Wildman–Crippen MR) is 44.1 cm³/mol. The van der Waals surface area contributed by atoms with Gasteiger partial charge in [-0.3, -0.25) is 9.59 Å². The standard InChI is InChI=1S/C8H14N2O2/c1-3-10-4-6(7(9)11)5(2)8(10)12/h5-6H,3-4H2,1-2H3,(H2,9,11). The van der Waals surface area contributed by atoms with Crippen molar-refractivity contribution in [3.8, 4) is 0 Å². The Kier molecular flexibility index (Phi) is 2.35. The minimum absolute atomic E-state index is 0.0429. The summed E-state index contributed by atoms with van der Waals surface area (Å²) in [6.45, 7) is 4.81. The lowest BCUT2D eigenvalue weighted by molar-refractivity contribution is -0.132. The zero-order valence-corrected chi connectivity index (χ0v) is 7.41. The van der Waals surface area contributed by atoms with Crippen LogP contribution in [0.2, 0.25) is 0 Å². The van der Waals surface area contributed by atoms with Crippen molar-refractivity contribution in [1.82, 2.24) is 4.90 Å². The molecule has 1 saturated heterocycles. The van der Waals surface area contributed by atoms with E-state index in [1.165, 1.54) is 0 Å². The number of carbonyl (C=O) groups excluding carboxylic acids is 2. The first kappa shape index (κ1) is 9.03. The molecule has 0 saturated carbocycles. The zero-order chi connectivity index (χ0) is 9.30. The second kappa shape index (κ2) is 3.13. The highest BCUT2D eigenvalue weighted by Crippen LogP contribution is 2.23. The third-order valence-corrected chi connectivity index (χ3v) is 2.47. The fourth-order valence-corrected chi connectivity index (χ4v) is 1.57. The lowest BCUT2D eigenvalue weighted by Crippen LogP contribution is -2.29. The second-order valence-corrected chi connectivity index (χ2v) is 3.17. The van der Waals surface area contributed by atoms with Gasteiger partial charge in [-0.2, -0.15) is 0 Å². The van der Waals surface area contributed by atoms with Crippen molar-refractivity contribution in [2.75, 3.05) is 13.1 Å². The molecular weight excluding hydrogens is 156 g/mol. The van der Waals surface area contributed by atoms with Crippen LogP contribution >= 0.6 is 0 Å². The Morgan fingerprint density at radius 1 is 1.75 bits per heavy atom. The Labute approximate surface area is 71.7 Å². The molecule has 4 nitrogen and oxygen atoms in total. The van der Waals surface area contributed by atoms with E-state index in [4.69, 9.17) is 5.73 Å². The van der Waals surface area contributed by atoms with Crippen LogP contribution in [0.1, 0.15) is 13.8 Å². The van der Waals surface area contributed by atoms with E-state index < -0.39 is 0 Å². The molecule has 1 aliphatic rings. The van der Waals surface area contributed by atoms with Crippen LogP contribution in [0.5, 0.6) is 0 Å². The van der Waals surface area contributed by atoms with E-state index in [0.717, 1.165) is 0 Å². The van der Waals surface area contributed by atoms with Gasteiger partial charge in [0.2, 0.25) is 11.8 Å². The topological polar surface area (TPSA) is 63.4 Å². The number of amides is 2. The Morgan fingerprint density at radius 3 is 2.58 bits per heavy atom. The van der Waals surface area contributed by atoms with Crippen molar-refractivity contribution < 1.29 is 9.59 Å². The maximum absolute atomic E-state index is 11.4. The van der Waals surface area contributed by atoms with Crippen LogP contribution in [-0.2, 0) is 9.59 Å². The normalized spacial score (nSPS) is 29.5. The molecule has 0 spiro atoms. The molecule has 0 aromatic rings. The van der Waals surface area contributed by atoms with Gasteiger partial charge >= 0.3 is 0 Å². The first-order valence-electron chi connectivity index (χ1n) is 4.16. The number of nitrogens with two attached hydrogens (primary N) is 1. The molecule has 0 aliphatic carbocycles. The maximum Gasteiger partial charge on any atom is 0.226 e. The largest absolute Gasteiger partial charge is 0.369 e. The van der Waals surface area contributed by atoms with Gasteiger partial charge in [0.05, 0.1) is 5.92 Å². The number of rotatable bonds is 2. The molecule has 2 unspecified atom stereocenters. The Hall–Kier alpha value is -1.06. The van der Waals surface area contributed by atoms with E-state index in [9.17, 15) is 9.59 Å². The van der Waals surface area contributed by atoms with Crippen LogP contribution < -0.4 is 5.73 Å². The summed E-state index contributed by atoms with van der Waals surface area (Å²) < 4.78 is 0. The van der Waals surface area contributed by atoms with Crippen LogP contribution in [0.4, 0.5) is 0 Å². The van der Waals surface area contributed by atoms with Crippen LogP contribution in [-0.4, -0.2) is 29.8 Å². The summed E-state index contributed by atoms with van der Waals surface area (Å²) in [7, 11) is 0. The molecule has 0 radical (unpaired) electrons. The molecule has 0 aromatic carbocycles. The highest BCUT2D eigenvalue weighted by Gasteiger charge is 2.39. The van der Waals surface area contributed by atoms with Gasteiger partial charge in [0, 0.05) is 19.0 Å². The van der Waals surface area contributed by atoms with Gasteiger partial charge in [-0.25, -0.2) is 0 Å². The first-order valence-corrected chi connectivity index (χ1v) is 4.16. The quantitative estimate of drug-likeness (QED) is 0.612. The van der Waals surface area contributed by atoms with Gasteiger partial charge in [0.1, 0.15) is 0 Å². The van der Waals surface area contributed by atoms with Gasteiger partial charge in [-0.1, -0.05) is 6.92 Å². The first-order chi connectivity index (χ1) is 5.57. The monoisotopic (exact) mass is 170 g/mol. The molecule has 0 bridgehead atoms. The second-order valence-electron chi connectivity index (χ2n) is 3.17. The Balaban J connectivity index is 2.73. The lowest BCUT2D eigenvalue weighted by atomic mass is 9.97. The molecule has 2 amide bonds. The van der Waals surface area contributed by atoms with Crippen molar-refractivity contribution >= 4 is 11.8 Å². The highest BCUT2D eigenvalue weighted by atomic mass is 16.2. The number of likely N-dealkylation sites (tertiary alicyclic amines) is 1. The summed E-state index contributed by atoms with van der Waals surface area (Å²) in [5, 5.41) is 0. The fourth-order valence-electron chi connectivity index (χ4n) is 1.57. The van der Waals surface area contributed by atoms with Crippen LogP contribution in [0.15, 0.2) is 0 Å². The number of hydrogen-bond donors (Lipinski definition) is 1. The van der Waals surface area contributed by atoms with Crippen molar-refractivity contribution in [2.45, 2.75) is 13.8 Å². The van der Waals surface area contributed by atoms with Crippen LogP contribution in [0, 0.1) is 11.8 Å². The minimum Gasteiger partial charge on any atom is -0.369 e. The van der Waals surface area contributed by atoms with Crippen LogP contribution in [0.3, 0.4) is 0 Å². The van der Waals surface area contributed by atoms with Gasteiger partial charge in [0.25, 0.3) is 0 Å². The smallest absolute Gasteiger partial charge is 0.226 e. The summed E-state index contributed by atoms with van der Waals surface area (Å²) in [4.78, 5) is 23.9. The summed E-state index contributed by atoms with van der Waals surface area (Å²) in [6, 6.07) is 0. The van der Waals surface area contributed by atoms with E-state index >= 15 is 0 Å². The summed E-state index contributed by atoms with van der Waals surface area (Å²) in [5.41, 5.74) is 5.15. The van der Waals surface area contributed by atoms with Crippen molar-refractivity contribution in [1.29, 1.82) is 0 Å². The third-order valence-electron chi connectivity index (χ3n) is 2.47. The fraction of sp³-hybridized carbons (Fsp3) is 0.750. The number of primary amides is 1. The summed E-state index contributed by atoms with van der Waals surface area (Å²) >= 11 is 0. The molecular formula is C8H14N2O2. The number of carbonyl (C=O) groups is 2. The number of nitrogens with zero attached hydrogens (tertiary/aromatic N) is 1. The zero-order valence-electron chi connectivity index (χ0n) is 7.41. The molecule has 0 aromatic heterocycles. The highest BCUT2D eigenvalue weighted by molar-refractivity contribution is 5.90. The molecule has 12 heavy (non-hydrogen) atoms. The average Bonchev–Trinajstić information content (AvgIpc) is 2.30. The summed E-state index contributed by atoms with van der Waals surface area (Å²) in [6.07, 6.45) is 0. The molecule has 1 aliphatic heterocycles. The van der Waals surface area contributed by atoms with Crippen molar-refractivity contribution in [3.05, 3.63) is 0 Å². The number of hydrogen-bond acceptors (Lipinski definition) is 2. The predicted octanol–water partition coefficient (Wildman–Crippen LogP) is -0.414. The third kappa shape index (κ3) is 1.29. The van der Waals surface area contributed by atoms with E-state index in [0.29, 0.717) is 13.1 Å². The molecule has 1 rings (SSSR count). The van der Waals surface area contributed by atoms with Crippen molar-refractivity contribution in [2.24, 2.45) is 17.6 Å².